The number of likely N-dealkylation sites (N-methyl/N-ethyl adjacent to an activating group) is 2. The maximum Gasteiger partial charge on any atom is 0.338 e. The summed E-state index contributed by atoms with van der Waals surface area (Å²) in [5, 5.41) is 8.28. The van der Waals surface area contributed by atoms with Crippen molar-refractivity contribution in [1.29, 1.82) is 0 Å². The number of esters is 1. The third-order valence-corrected chi connectivity index (χ3v) is 4.67. The molecule has 9 heteroatoms. The van der Waals surface area contributed by atoms with Crippen LogP contribution in [0.1, 0.15) is 32.4 Å². The van der Waals surface area contributed by atoms with Gasteiger partial charge in [-0.05, 0) is 38.1 Å². The normalized spacial score (nSPS) is 16.0. The fraction of sp³-hybridized carbons (Fsp3) is 0.476. The topological polar surface area (TPSA) is 109 Å². The molecule has 30 heavy (non-hydrogen) atoms. The lowest BCUT2D eigenvalue weighted by Crippen LogP contribution is -2.49. The number of benzene rings is 1. The van der Waals surface area contributed by atoms with Crippen LogP contribution in [0.15, 0.2) is 35.5 Å². The van der Waals surface area contributed by atoms with E-state index in [1.165, 1.54) is 0 Å². The van der Waals surface area contributed by atoms with Crippen molar-refractivity contribution in [2.75, 3.05) is 39.9 Å². The van der Waals surface area contributed by atoms with Crippen LogP contribution in [0.2, 0.25) is 0 Å². The van der Waals surface area contributed by atoms with E-state index in [1.54, 1.807) is 38.3 Å². The molecule has 0 saturated heterocycles. The van der Waals surface area contributed by atoms with Crippen molar-refractivity contribution in [2.24, 2.45) is 0 Å². The highest BCUT2D eigenvalue weighted by molar-refractivity contribution is 5.95. The first-order valence-electron chi connectivity index (χ1n) is 10.0. The van der Waals surface area contributed by atoms with Crippen molar-refractivity contribution >= 4 is 17.9 Å². The minimum atomic E-state index is -0.679. The molecule has 1 aromatic rings. The Kier molecular flexibility index (Phi) is 8.67. The number of nitrogens with one attached hydrogen (secondary N) is 3. The number of urea groups is 1. The molecular formula is C21H30N4O5. The van der Waals surface area contributed by atoms with Crippen LogP contribution in [-0.4, -0.2) is 62.7 Å². The van der Waals surface area contributed by atoms with E-state index in [-0.39, 0.29) is 25.6 Å². The van der Waals surface area contributed by atoms with E-state index in [0.29, 0.717) is 30.1 Å². The Balaban J connectivity index is 2.41. The molecule has 0 radical (unpaired) electrons. The van der Waals surface area contributed by atoms with Crippen LogP contribution in [-0.2, 0) is 14.3 Å². The molecule has 0 spiro atoms. The van der Waals surface area contributed by atoms with E-state index in [4.69, 9.17) is 9.47 Å². The fourth-order valence-corrected chi connectivity index (χ4v) is 3.20. The van der Waals surface area contributed by atoms with Crippen LogP contribution >= 0.6 is 0 Å². The summed E-state index contributed by atoms with van der Waals surface area (Å²) < 4.78 is 10.5. The molecular weight excluding hydrogens is 388 g/mol. The number of ether oxygens (including phenoxy) is 2. The molecule has 0 bridgehead atoms. The van der Waals surface area contributed by atoms with Crippen LogP contribution in [0.4, 0.5) is 4.79 Å². The van der Waals surface area contributed by atoms with E-state index >= 15 is 0 Å². The van der Waals surface area contributed by atoms with Crippen LogP contribution in [0, 0.1) is 0 Å². The molecule has 1 aliphatic heterocycles. The summed E-state index contributed by atoms with van der Waals surface area (Å²) >= 11 is 0. The van der Waals surface area contributed by atoms with Gasteiger partial charge in [-0.1, -0.05) is 19.1 Å². The van der Waals surface area contributed by atoms with Gasteiger partial charge in [0.05, 0.1) is 31.9 Å². The second-order valence-corrected chi connectivity index (χ2v) is 6.67. The minimum absolute atomic E-state index is 0.121. The highest BCUT2D eigenvalue weighted by Gasteiger charge is 2.34. The molecule has 0 fully saturated rings. The molecule has 3 amide bonds. The number of hydrogen-bond donors (Lipinski definition) is 3. The van der Waals surface area contributed by atoms with Gasteiger partial charge in [0, 0.05) is 18.8 Å². The first kappa shape index (κ1) is 23.2. The lowest BCUT2D eigenvalue weighted by Gasteiger charge is -2.31. The van der Waals surface area contributed by atoms with Crippen molar-refractivity contribution in [2.45, 2.75) is 26.8 Å². The smallest absolute Gasteiger partial charge is 0.338 e. The van der Waals surface area contributed by atoms with Gasteiger partial charge in [0.15, 0.2) is 0 Å². The van der Waals surface area contributed by atoms with Gasteiger partial charge in [0.25, 0.3) is 0 Å². The Labute approximate surface area is 176 Å². The lowest BCUT2D eigenvalue weighted by molar-refractivity contribution is -0.139. The van der Waals surface area contributed by atoms with E-state index in [2.05, 4.69) is 16.0 Å². The Morgan fingerprint density at radius 2 is 1.87 bits per heavy atom. The first-order chi connectivity index (χ1) is 14.4. The second kappa shape index (κ2) is 11.2. The van der Waals surface area contributed by atoms with Gasteiger partial charge in [0.1, 0.15) is 5.75 Å². The Bertz CT molecular complexity index is 791. The van der Waals surface area contributed by atoms with Crippen LogP contribution in [0.25, 0.3) is 0 Å². The zero-order valence-electron chi connectivity index (χ0n) is 17.9. The Morgan fingerprint density at radius 3 is 2.43 bits per heavy atom. The SMILES string of the molecule is CCNC(=O)CN(CC)CC1=C(C(=O)OCC)[C@@H](c2ccc(OC)cc2)NC(=O)N1. The second-order valence-electron chi connectivity index (χ2n) is 6.67. The minimum Gasteiger partial charge on any atom is -0.497 e. The largest absolute Gasteiger partial charge is 0.497 e. The number of methoxy groups -OCH3 is 1. The lowest BCUT2D eigenvalue weighted by atomic mass is 9.95. The summed E-state index contributed by atoms with van der Waals surface area (Å²) in [6, 6.07) is 6.00. The zero-order valence-corrected chi connectivity index (χ0v) is 17.9. The van der Waals surface area contributed by atoms with E-state index < -0.39 is 18.0 Å². The summed E-state index contributed by atoms with van der Waals surface area (Å²) in [5.74, 6) is 0.0273. The van der Waals surface area contributed by atoms with E-state index in [1.807, 2.05) is 18.7 Å². The molecule has 0 aromatic heterocycles. The molecule has 0 saturated carbocycles. The Hall–Kier alpha value is -3.07. The maximum absolute atomic E-state index is 12.8. The quantitative estimate of drug-likeness (QED) is 0.495. The molecule has 1 heterocycles. The molecule has 0 unspecified atom stereocenters. The van der Waals surface area contributed by atoms with E-state index in [0.717, 1.165) is 5.56 Å². The molecule has 2 rings (SSSR count). The van der Waals surface area contributed by atoms with Crippen LogP contribution < -0.4 is 20.7 Å². The van der Waals surface area contributed by atoms with Crippen molar-refractivity contribution in [3.63, 3.8) is 0 Å². The third-order valence-electron chi connectivity index (χ3n) is 4.67. The summed E-state index contributed by atoms with van der Waals surface area (Å²) in [6.45, 7) is 7.16. The van der Waals surface area contributed by atoms with Gasteiger partial charge < -0.3 is 25.4 Å². The third kappa shape index (κ3) is 5.96. The average molecular weight is 418 g/mol. The van der Waals surface area contributed by atoms with Gasteiger partial charge in [-0.2, -0.15) is 0 Å². The number of rotatable bonds is 10. The van der Waals surface area contributed by atoms with Gasteiger partial charge in [-0.25, -0.2) is 9.59 Å². The van der Waals surface area contributed by atoms with Gasteiger partial charge >= 0.3 is 12.0 Å². The predicted octanol–water partition coefficient (Wildman–Crippen LogP) is 1.32. The standard InChI is InChI=1S/C21H30N4O5/c1-5-22-17(26)13-25(6-2)12-16-18(20(27)30-7-3)19(24-21(28)23-16)14-8-10-15(29-4)11-9-14/h8-11,19H,5-7,12-13H2,1-4H3,(H,22,26)(H2,23,24,28)/t19-/m1/s1. The average Bonchev–Trinajstić information content (AvgIpc) is 2.73. The Morgan fingerprint density at radius 1 is 1.17 bits per heavy atom. The summed E-state index contributed by atoms with van der Waals surface area (Å²) in [6.07, 6.45) is 0. The molecule has 1 aromatic carbocycles. The van der Waals surface area contributed by atoms with Crippen molar-refractivity contribution < 1.29 is 23.9 Å². The van der Waals surface area contributed by atoms with Crippen LogP contribution in [0.3, 0.4) is 0 Å². The summed E-state index contributed by atoms with van der Waals surface area (Å²) in [5.41, 5.74) is 1.46. The monoisotopic (exact) mass is 418 g/mol. The van der Waals surface area contributed by atoms with Crippen molar-refractivity contribution in [3.8, 4) is 5.75 Å². The maximum atomic E-state index is 12.8. The number of carbonyl (C=O) groups is 3. The zero-order chi connectivity index (χ0) is 22.1. The number of hydrogen-bond acceptors (Lipinski definition) is 6. The molecule has 1 atom stereocenters. The van der Waals surface area contributed by atoms with Gasteiger partial charge in [-0.15, -0.1) is 0 Å². The highest BCUT2D eigenvalue weighted by Crippen LogP contribution is 2.29. The van der Waals surface area contributed by atoms with E-state index in [9.17, 15) is 14.4 Å². The summed E-state index contributed by atoms with van der Waals surface area (Å²) in [4.78, 5) is 39.0. The molecule has 164 valence electrons. The van der Waals surface area contributed by atoms with Gasteiger partial charge in [0.2, 0.25) is 5.91 Å². The van der Waals surface area contributed by atoms with Crippen molar-refractivity contribution in [1.82, 2.24) is 20.9 Å². The number of nitrogens with zero attached hydrogens (tertiary/aromatic N) is 1. The molecule has 9 nitrogen and oxygen atoms in total. The highest BCUT2D eigenvalue weighted by atomic mass is 16.5. The number of carbonyl (C=O) groups excluding carboxylic acids is 3. The number of amides is 3. The molecule has 0 aliphatic carbocycles. The van der Waals surface area contributed by atoms with Crippen LogP contribution in [0.5, 0.6) is 5.75 Å². The molecule has 3 N–H and O–H groups in total. The fourth-order valence-electron chi connectivity index (χ4n) is 3.20. The van der Waals surface area contributed by atoms with Crippen molar-refractivity contribution in [3.05, 3.63) is 41.1 Å². The predicted molar refractivity (Wildman–Crippen MR) is 112 cm³/mol. The summed E-state index contributed by atoms with van der Waals surface area (Å²) in [7, 11) is 1.57. The first-order valence-corrected chi connectivity index (χ1v) is 10.0. The molecule has 1 aliphatic rings. The van der Waals surface area contributed by atoms with Gasteiger partial charge in [-0.3, -0.25) is 9.69 Å².